The van der Waals surface area contributed by atoms with E-state index in [0.717, 1.165) is 36.8 Å². The Bertz CT molecular complexity index is 977. The van der Waals surface area contributed by atoms with Crippen LogP contribution in [0.3, 0.4) is 0 Å². The molecule has 1 aromatic carbocycles. The van der Waals surface area contributed by atoms with Crippen molar-refractivity contribution in [3.05, 3.63) is 54.2 Å². The molecule has 9 nitrogen and oxygen atoms in total. The first-order valence-corrected chi connectivity index (χ1v) is 10.1. The first kappa shape index (κ1) is 20.1. The number of ether oxygens (including phenoxy) is 1. The van der Waals surface area contributed by atoms with Crippen molar-refractivity contribution in [3.8, 4) is 11.4 Å². The Hall–Kier alpha value is -3.20. The number of carbonyl (C=O) groups excluding carboxylic acids is 1. The molecule has 0 saturated carbocycles. The van der Waals surface area contributed by atoms with Gasteiger partial charge in [0.15, 0.2) is 11.6 Å². The van der Waals surface area contributed by atoms with E-state index in [1.54, 1.807) is 23.9 Å². The van der Waals surface area contributed by atoms with Crippen LogP contribution < -0.4 is 4.74 Å². The Kier molecular flexibility index (Phi) is 5.54. The molecule has 0 unspecified atom stereocenters. The van der Waals surface area contributed by atoms with Crippen LogP contribution in [0.2, 0.25) is 0 Å². The molecule has 4 rings (SSSR count). The molecule has 0 N–H and O–H groups in total. The second-order valence-electron chi connectivity index (χ2n) is 7.50. The minimum Gasteiger partial charge on any atom is -0.497 e. The van der Waals surface area contributed by atoms with Crippen LogP contribution in [0.5, 0.6) is 5.75 Å². The smallest absolute Gasteiger partial charge is 0.289 e. The Balaban J connectivity index is 1.54. The molecule has 1 atom stereocenters. The van der Waals surface area contributed by atoms with Crippen molar-refractivity contribution >= 4 is 5.91 Å². The summed E-state index contributed by atoms with van der Waals surface area (Å²) in [5.74, 6) is 1.87. The molecule has 0 radical (unpaired) electrons. The highest BCUT2D eigenvalue weighted by atomic mass is 16.5. The fraction of sp³-hybridized carbons (Fsp3) is 0.429. The van der Waals surface area contributed by atoms with E-state index < -0.39 is 0 Å². The third-order valence-electron chi connectivity index (χ3n) is 5.95. The number of aromatic nitrogens is 4. The predicted molar refractivity (Wildman–Crippen MR) is 110 cm³/mol. The van der Waals surface area contributed by atoms with Crippen molar-refractivity contribution < 1.29 is 13.9 Å². The van der Waals surface area contributed by atoms with Gasteiger partial charge < -0.3 is 14.1 Å². The normalized spacial score (nSPS) is 17.0. The Labute approximate surface area is 175 Å². The van der Waals surface area contributed by atoms with Crippen LogP contribution in [0.1, 0.15) is 36.6 Å². The fourth-order valence-electron chi connectivity index (χ4n) is 3.90. The van der Waals surface area contributed by atoms with Gasteiger partial charge in [-0.25, -0.2) is 0 Å². The second-order valence-corrected chi connectivity index (χ2v) is 7.50. The highest BCUT2D eigenvalue weighted by Gasteiger charge is 2.40. The van der Waals surface area contributed by atoms with Crippen molar-refractivity contribution in [3.63, 3.8) is 0 Å². The van der Waals surface area contributed by atoms with Gasteiger partial charge in [-0.15, -0.1) is 5.10 Å². The molecule has 2 aromatic heterocycles. The number of methoxy groups -OCH3 is 1. The average molecular weight is 410 g/mol. The summed E-state index contributed by atoms with van der Waals surface area (Å²) in [7, 11) is 1.64. The summed E-state index contributed by atoms with van der Waals surface area (Å²) < 4.78 is 12.3. The molecule has 158 valence electrons. The van der Waals surface area contributed by atoms with Crippen molar-refractivity contribution in [1.82, 2.24) is 30.0 Å². The first-order valence-electron chi connectivity index (χ1n) is 10.1. The van der Waals surface area contributed by atoms with Crippen LogP contribution in [0, 0.1) is 0 Å². The van der Waals surface area contributed by atoms with Gasteiger partial charge in [-0.1, -0.05) is 6.92 Å². The number of furan rings is 1. The number of hydrogen-bond donors (Lipinski definition) is 0. The summed E-state index contributed by atoms with van der Waals surface area (Å²) in [6, 6.07) is 11.1. The van der Waals surface area contributed by atoms with E-state index in [0.29, 0.717) is 18.8 Å². The summed E-state index contributed by atoms with van der Waals surface area (Å²) in [5.41, 5.74) is 0.505. The van der Waals surface area contributed by atoms with Crippen molar-refractivity contribution in [2.45, 2.75) is 25.8 Å². The minimum absolute atomic E-state index is 0.0686. The summed E-state index contributed by atoms with van der Waals surface area (Å²) in [4.78, 5) is 16.8. The maximum Gasteiger partial charge on any atom is 0.289 e. The molecule has 1 fully saturated rings. The Morgan fingerprint density at radius 3 is 2.50 bits per heavy atom. The number of amides is 1. The van der Waals surface area contributed by atoms with Crippen LogP contribution >= 0.6 is 0 Å². The van der Waals surface area contributed by atoms with Gasteiger partial charge in [0.2, 0.25) is 0 Å². The average Bonchev–Trinajstić information content (AvgIpc) is 3.51. The third-order valence-corrected chi connectivity index (χ3v) is 5.95. The number of carbonyl (C=O) groups is 1. The first-order chi connectivity index (χ1) is 14.6. The molecule has 0 spiro atoms. The van der Waals surface area contributed by atoms with Gasteiger partial charge in [0, 0.05) is 26.2 Å². The van der Waals surface area contributed by atoms with E-state index in [-0.39, 0.29) is 11.4 Å². The highest BCUT2D eigenvalue weighted by molar-refractivity contribution is 5.91. The summed E-state index contributed by atoms with van der Waals surface area (Å²) >= 11 is 0. The minimum atomic E-state index is -0.372. The van der Waals surface area contributed by atoms with Crippen molar-refractivity contribution in [1.29, 1.82) is 0 Å². The second kappa shape index (κ2) is 8.27. The van der Waals surface area contributed by atoms with Crippen molar-refractivity contribution in [2.24, 2.45) is 0 Å². The summed E-state index contributed by atoms with van der Waals surface area (Å²) in [6.07, 6.45) is 2.35. The predicted octanol–water partition coefficient (Wildman–Crippen LogP) is 2.35. The molecule has 0 aliphatic carbocycles. The van der Waals surface area contributed by atoms with Gasteiger partial charge in [-0.2, -0.15) is 4.68 Å². The molecule has 3 heterocycles. The van der Waals surface area contributed by atoms with Gasteiger partial charge in [0.25, 0.3) is 5.91 Å². The van der Waals surface area contributed by atoms with Gasteiger partial charge in [-0.05, 0) is 60.2 Å². The summed E-state index contributed by atoms with van der Waals surface area (Å²) in [6.45, 7) is 6.99. The highest BCUT2D eigenvalue weighted by Crippen LogP contribution is 2.32. The topological polar surface area (TPSA) is 89.5 Å². The number of rotatable bonds is 6. The zero-order valence-electron chi connectivity index (χ0n) is 17.5. The molecular formula is C21H26N6O3. The Morgan fingerprint density at radius 2 is 1.90 bits per heavy atom. The quantitative estimate of drug-likeness (QED) is 0.616. The number of hydrogen-bond acceptors (Lipinski definition) is 7. The molecule has 1 amide bonds. The SMILES string of the molecule is CC[C@@](C)(c1nnnn1-c1ccc(OC)cc1)N1CCN(C(=O)c2ccco2)CC1. The van der Waals surface area contributed by atoms with E-state index in [1.165, 1.54) is 6.26 Å². The van der Waals surface area contributed by atoms with E-state index in [9.17, 15) is 4.79 Å². The Morgan fingerprint density at radius 1 is 1.17 bits per heavy atom. The number of benzene rings is 1. The molecule has 3 aromatic rings. The lowest BCUT2D eigenvalue weighted by Gasteiger charge is -2.44. The largest absolute Gasteiger partial charge is 0.497 e. The van der Waals surface area contributed by atoms with Crippen molar-refractivity contribution in [2.75, 3.05) is 33.3 Å². The lowest BCUT2D eigenvalue weighted by Crippen LogP contribution is -2.56. The van der Waals surface area contributed by atoms with Crippen LogP contribution in [0.4, 0.5) is 0 Å². The zero-order valence-corrected chi connectivity index (χ0v) is 17.5. The van der Waals surface area contributed by atoms with Gasteiger partial charge in [-0.3, -0.25) is 9.69 Å². The van der Waals surface area contributed by atoms with Crippen LogP contribution in [-0.2, 0) is 5.54 Å². The maximum atomic E-state index is 12.6. The molecule has 1 aliphatic heterocycles. The number of nitrogens with zero attached hydrogens (tertiary/aromatic N) is 6. The number of tetrazole rings is 1. The zero-order chi connectivity index (χ0) is 21.1. The van der Waals surface area contributed by atoms with E-state index >= 15 is 0 Å². The number of piperazine rings is 1. The third kappa shape index (κ3) is 3.56. The van der Waals surface area contributed by atoms with Gasteiger partial charge in [0.05, 0.1) is 24.6 Å². The van der Waals surface area contributed by atoms with Gasteiger partial charge in [0.1, 0.15) is 5.75 Å². The van der Waals surface area contributed by atoms with E-state index in [1.807, 2.05) is 29.2 Å². The fourth-order valence-corrected chi connectivity index (χ4v) is 3.90. The monoisotopic (exact) mass is 410 g/mol. The van der Waals surface area contributed by atoms with E-state index in [2.05, 4.69) is 34.3 Å². The van der Waals surface area contributed by atoms with Crippen LogP contribution in [-0.4, -0.2) is 69.2 Å². The molecular weight excluding hydrogens is 384 g/mol. The molecule has 0 bridgehead atoms. The summed E-state index contributed by atoms with van der Waals surface area (Å²) in [5, 5.41) is 12.6. The van der Waals surface area contributed by atoms with Crippen LogP contribution in [0.15, 0.2) is 47.1 Å². The maximum absolute atomic E-state index is 12.6. The van der Waals surface area contributed by atoms with Crippen LogP contribution in [0.25, 0.3) is 5.69 Å². The standard InChI is InChI=1S/C21H26N6O3/c1-4-21(2,20-22-23-24-27(20)16-7-9-17(29-3)10-8-16)26-13-11-25(12-14-26)19(28)18-6-5-15-30-18/h5-10,15H,4,11-14H2,1-3H3/t21-/m0/s1. The molecule has 1 saturated heterocycles. The lowest BCUT2D eigenvalue weighted by molar-refractivity contribution is 0.0251. The molecule has 30 heavy (non-hydrogen) atoms. The molecule has 9 heteroatoms. The molecule has 1 aliphatic rings. The lowest BCUT2D eigenvalue weighted by atomic mass is 9.94. The van der Waals surface area contributed by atoms with Gasteiger partial charge >= 0.3 is 0 Å². The van der Waals surface area contributed by atoms with E-state index in [4.69, 9.17) is 9.15 Å².